The van der Waals surface area contributed by atoms with Crippen LogP contribution in [0, 0.1) is 0 Å². The largest absolute Gasteiger partial charge is 0.444 e. The SMILES string of the molecule is CC(C)(C)OC(=O)NCC(=O)NCC1=CC(c2ccc(NC(=O)NC3CCN(Cc4ccccc4)CC3)cc2)=CCC1. The lowest BCUT2D eigenvalue weighted by Gasteiger charge is -2.32. The Hall–Kier alpha value is -4.11. The lowest BCUT2D eigenvalue weighted by Crippen LogP contribution is -2.45. The average molecular weight is 574 g/mol. The normalized spacial score (nSPS) is 16.1. The summed E-state index contributed by atoms with van der Waals surface area (Å²) in [6.07, 6.45) is 7.24. The minimum atomic E-state index is -0.616. The van der Waals surface area contributed by atoms with E-state index in [1.54, 1.807) is 20.8 Å². The van der Waals surface area contributed by atoms with Crippen LogP contribution in [0.1, 0.15) is 57.6 Å². The number of allylic oxidation sites excluding steroid dienone is 3. The number of piperidine rings is 1. The van der Waals surface area contributed by atoms with Gasteiger partial charge in [0, 0.05) is 37.9 Å². The number of amides is 4. The van der Waals surface area contributed by atoms with Crippen LogP contribution in [-0.4, -0.2) is 60.8 Å². The fourth-order valence-corrected chi connectivity index (χ4v) is 5.02. The van der Waals surface area contributed by atoms with Crippen molar-refractivity contribution in [2.45, 2.75) is 64.6 Å². The van der Waals surface area contributed by atoms with Gasteiger partial charge in [-0.2, -0.15) is 0 Å². The van der Waals surface area contributed by atoms with Crippen molar-refractivity contribution in [2.24, 2.45) is 0 Å². The van der Waals surface area contributed by atoms with Gasteiger partial charge in [-0.25, -0.2) is 9.59 Å². The predicted octanol–water partition coefficient (Wildman–Crippen LogP) is 5.22. The predicted molar refractivity (Wildman–Crippen MR) is 166 cm³/mol. The van der Waals surface area contributed by atoms with Crippen LogP contribution in [0.2, 0.25) is 0 Å². The van der Waals surface area contributed by atoms with Gasteiger partial charge in [0.15, 0.2) is 0 Å². The van der Waals surface area contributed by atoms with Crippen LogP contribution >= 0.6 is 0 Å². The first kappa shape index (κ1) is 30.8. The molecule has 2 aromatic rings. The molecule has 0 bridgehead atoms. The molecule has 0 unspecified atom stereocenters. The van der Waals surface area contributed by atoms with Gasteiger partial charge in [-0.3, -0.25) is 9.69 Å². The number of ether oxygens (including phenoxy) is 1. The van der Waals surface area contributed by atoms with E-state index in [2.05, 4.69) is 62.6 Å². The van der Waals surface area contributed by atoms with Crippen molar-refractivity contribution in [1.29, 1.82) is 0 Å². The fraction of sp³-hybridized carbons (Fsp3) is 0.424. The van der Waals surface area contributed by atoms with Crippen molar-refractivity contribution >= 4 is 29.3 Å². The third-order valence-electron chi connectivity index (χ3n) is 7.14. The maximum absolute atomic E-state index is 12.6. The summed E-state index contributed by atoms with van der Waals surface area (Å²) in [4.78, 5) is 39.0. The zero-order chi connectivity index (χ0) is 30.0. The van der Waals surface area contributed by atoms with E-state index in [-0.39, 0.29) is 24.5 Å². The first-order valence-corrected chi connectivity index (χ1v) is 14.7. The Morgan fingerprint density at radius 2 is 1.67 bits per heavy atom. The standard InChI is InChI=1S/C33H43N5O4/c1-33(2,3)42-32(41)35-22-30(39)34-21-25-10-7-11-27(20-25)26-12-14-28(15-13-26)36-31(40)37-29-16-18-38(19-17-29)23-24-8-5-4-6-9-24/h4-6,8-9,11-15,20,29H,7,10,16-19,21-23H2,1-3H3,(H,34,39)(H,35,41)(H2,36,37,40). The van der Waals surface area contributed by atoms with Crippen molar-refractivity contribution in [3.63, 3.8) is 0 Å². The summed E-state index contributed by atoms with van der Waals surface area (Å²) in [5, 5.41) is 11.4. The lowest BCUT2D eigenvalue weighted by atomic mass is 9.94. The molecule has 42 heavy (non-hydrogen) atoms. The Kier molecular flexibility index (Phi) is 10.8. The minimum Gasteiger partial charge on any atom is -0.444 e. The van der Waals surface area contributed by atoms with Crippen LogP contribution in [0.5, 0.6) is 0 Å². The maximum atomic E-state index is 12.6. The summed E-state index contributed by atoms with van der Waals surface area (Å²) in [6.45, 7) is 8.46. The van der Waals surface area contributed by atoms with Crippen LogP contribution in [0.3, 0.4) is 0 Å². The first-order chi connectivity index (χ1) is 20.1. The molecular weight excluding hydrogens is 530 g/mol. The molecule has 1 aliphatic heterocycles. The summed E-state index contributed by atoms with van der Waals surface area (Å²) in [5.74, 6) is -0.274. The number of anilines is 1. The smallest absolute Gasteiger partial charge is 0.408 e. The van der Waals surface area contributed by atoms with Gasteiger partial charge in [0.05, 0.1) is 0 Å². The molecule has 0 atom stereocenters. The van der Waals surface area contributed by atoms with E-state index in [9.17, 15) is 14.4 Å². The van der Waals surface area contributed by atoms with E-state index in [0.717, 1.165) is 67.7 Å². The fourth-order valence-electron chi connectivity index (χ4n) is 5.02. The number of hydrogen-bond donors (Lipinski definition) is 4. The molecule has 2 aliphatic rings. The van der Waals surface area contributed by atoms with Crippen molar-refractivity contribution in [3.8, 4) is 0 Å². The summed E-state index contributed by atoms with van der Waals surface area (Å²) < 4.78 is 5.15. The third kappa shape index (κ3) is 10.4. The second-order valence-corrected chi connectivity index (χ2v) is 11.8. The Morgan fingerprint density at radius 1 is 0.952 bits per heavy atom. The van der Waals surface area contributed by atoms with Gasteiger partial charge in [0.1, 0.15) is 12.1 Å². The van der Waals surface area contributed by atoms with E-state index < -0.39 is 11.7 Å². The Morgan fingerprint density at radius 3 is 2.36 bits per heavy atom. The zero-order valence-electron chi connectivity index (χ0n) is 24.9. The molecule has 4 rings (SSSR count). The molecule has 0 saturated carbocycles. The second kappa shape index (κ2) is 14.7. The molecule has 1 aliphatic carbocycles. The molecule has 0 spiro atoms. The van der Waals surface area contributed by atoms with E-state index >= 15 is 0 Å². The summed E-state index contributed by atoms with van der Waals surface area (Å²) >= 11 is 0. The highest BCUT2D eigenvalue weighted by atomic mass is 16.6. The van der Waals surface area contributed by atoms with Crippen molar-refractivity contribution in [1.82, 2.24) is 20.9 Å². The van der Waals surface area contributed by atoms with Crippen LogP contribution in [0.25, 0.3) is 5.57 Å². The van der Waals surface area contributed by atoms with Crippen molar-refractivity contribution in [2.75, 3.05) is 31.5 Å². The topological polar surface area (TPSA) is 112 Å². The van der Waals surface area contributed by atoms with Crippen LogP contribution in [-0.2, 0) is 16.1 Å². The van der Waals surface area contributed by atoms with E-state index in [0.29, 0.717) is 6.54 Å². The summed E-state index contributed by atoms with van der Waals surface area (Å²) in [7, 11) is 0. The molecule has 4 N–H and O–H groups in total. The Labute approximate surface area is 248 Å². The van der Waals surface area contributed by atoms with Gasteiger partial charge in [0.25, 0.3) is 0 Å². The highest BCUT2D eigenvalue weighted by molar-refractivity contribution is 5.90. The molecule has 0 aromatic heterocycles. The van der Waals surface area contributed by atoms with Crippen LogP contribution in [0.15, 0.2) is 72.3 Å². The number of rotatable bonds is 9. The highest BCUT2D eigenvalue weighted by Crippen LogP contribution is 2.26. The van der Waals surface area contributed by atoms with E-state index in [1.165, 1.54) is 5.56 Å². The van der Waals surface area contributed by atoms with Gasteiger partial charge in [-0.1, -0.05) is 60.2 Å². The number of alkyl carbamates (subject to hydrolysis) is 1. The molecule has 9 heteroatoms. The Balaban J connectivity index is 1.18. The molecule has 1 fully saturated rings. The monoisotopic (exact) mass is 573 g/mol. The molecule has 1 saturated heterocycles. The quantitative estimate of drug-likeness (QED) is 0.329. The van der Waals surface area contributed by atoms with Crippen molar-refractivity contribution in [3.05, 3.63) is 83.4 Å². The molecule has 4 amide bonds. The number of nitrogens with zero attached hydrogens (tertiary/aromatic N) is 1. The molecule has 224 valence electrons. The zero-order valence-corrected chi connectivity index (χ0v) is 24.9. The van der Waals surface area contributed by atoms with Crippen LogP contribution in [0.4, 0.5) is 15.3 Å². The number of carbonyl (C=O) groups is 3. The minimum absolute atomic E-state index is 0.139. The van der Waals surface area contributed by atoms with Crippen molar-refractivity contribution < 1.29 is 19.1 Å². The number of likely N-dealkylation sites (tertiary alicyclic amines) is 1. The molecule has 9 nitrogen and oxygen atoms in total. The Bertz CT molecular complexity index is 1270. The maximum Gasteiger partial charge on any atom is 0.408 e. The number of nitrogens with one attached hydrogen (secondary N) is 4. The van der Waals surface area contributed by atoms with Gasteiger partial charge in [0.2, 0.25) is 5.91 Å². The van der Waals surface area contributed by atoms with Gasteiger partial charge in [-0.05, 0) is 75.3 Å². The van der Waals surface area contributed by atoms with E-state index in [1.807, 2.05) is 30.3 Å². The number of carbonyl (C=O) groups excluding carboxylic acids is 3. The first-order valence-electron chi connectivity index (χ1n) is 14.7. The highest BCUT2D eigenvalue weighted by Gasteiger charge is 2.21. The summed E-state index contributed by atoms with van der Waals surface area (Å²) in [6, 6.07) is 18.3. The number of benzene rings is 2. The van der Waals surface area contributed by atoms with Gasteiger partial charge >= 0.3 is 12.1 Å². The lowest BCUT2D eigenvalue weighted by molar-refractivity contribution is -0.120. The number of urea groups is 1. The molecule has 0 radical (unpaired) electrons. The van der Waals surface area contributed by atoms with Gasteiger partial charge in [-0.15, -0.1) is 0 Å². The van der Waals surface area contributed by atoms with Gasteiger partial charge < -0.3 is 26.0 Å². The average Bonchev–Trinajstić information content (AvgIpc) is 2.96. The number of hydrogen-bond acceptors (Lipinski definition) is 5. The summed E-state index contributed by atoms with van der Waals surface area (Å²) in [5.41, 5.74) is 4.67. The van der Waals surface area contributed by atoms with E-state index in [4.69, 9.17) is 4.74 Å². The molecular formula is C33H43N5O4. The molecule has 2 aromatic carbocycles. The van der Waals surface area contributed by atoms with Crippen LogP contribution < -0.4 is 21.3 Å². The third-order valence-corrected chi connectivity index (χ3v) is 7.14. The molecule has 1 heterocycles. The second-order valence-electron chi connectivity index (χ2n) is 11.8.